The SMILES string of the molecule is O=C(CN1C(=O)N[C@@H](CCc2ccccc2)C1=O)NC12CC3CC(CC(C3)C1)C2. The number of rotatable bonds is 6. The number of carbonyl (C=O) groups is 3. The van der Waals surface area contributed by atoms with E-state index in [0.717, 1.165) is 47.5 Å². The van der Waals surface area contributed by atoms with Gasteiger partial charge in [0.1, 0.15) is 12.6 Å². The molecule has 4 saturated carbocycles. The highest BCUT2D eigenvalue weighted by Crippen LogP contribution is 2.55. The van der Waals surface area contributed by atoms with Crippen molar-refractivity contribution in [2.75, 3.05) is 6.54 Å². The van der Waals surface area contributed by atoms with Gasteiger partial charge in [-0.25, -0.2) is 4.79 Å². The molecule has 5 fully saturated rings. The highest BCUT2D eigenvalue weighted by Gasteiger charge is 2.51. The third-order valence-electron chi connectivity index (χ3n) is 7.42. The lowest BCUT2D eigenvalue weighted by atomic mass is 9.53. The topological polar surface area (TPSA) is 78.5 Å². The molecule has 0 unspecified atom stereocenters. The molecule has 154 valence electrons. The van der Waals surface area contributed by atoms with Gasteiger partial charge in [0.25, 0.3) is 5.91 Å². The van der Waals surface area contributed by atoms with Crippen LogP contribution in [0.3, 0.4) is 0 Å². The van der Waals surface area contributed by atoms with Crippen molar-refractivity contribution < 1.29 is 14.4 Å². The Morgan fingerprint density at radius 1 is 1.03 bits per heavy atom. The summed E-state index contributed by atoms with van der Waals surface area (Å²) in [6.45, 7) is -0.172. The molecule has 29 heavy (non-hydrogen) atoms. The van der Waals surface area contributed by atoms with Crippen molar-refractivity contribution in [2.24, 2.45) is 17.8 Å². The Labute approximate surface area is 171 Å². The van der Waals surface area contributed by atoms with Crippen molar-refractivity contribution in [1.82, 2.24) is 15.5 Å². The molecular formula is C23H29N3O3. The molecule has 1 heterocycles. The molecule has 0 aromatic heterocycles. The van der Waals surface area contributed by atoms with Crippen LogP contribution in [0, 0.1) is 17.8 Å². The number of hydrogen-bond donors (Lipinski definition) is 2. The molecule has 1 aliphatic heterocycles. The number of nitrogens with zero attached hydrogens (tertiary/aromatic N) is 1. The number of imide groups is 1. The van der Waals surface area contributed by atoms with Gasteiger partial charge in [-0.05, 0) is 74.7 Å². The highest BCUT2D eigenvalue weighted by atomic mass is 16.2. The first-order valence-electron chi connectivity index (χ1n) is 11.0. The molecular weight excluding hydrogens is 366 g/mol. The van der Waals surface area contributed by atoms with E-state index < -0.39 is 12.1 Å². The Hall–Kier alpha value is -2.37. The second-order valence-electron chi connectivity index (χ2n) is 9.70. The number of nitrogens with one attached hydrogen (secondary N) is 2. The van der Waals surface area contributed by atoms with Gasteiger partial charge >= 0.3 is 6.03 Å². The smallest absolute Gasteiger partial charge is 0.325 e. The maximum Gasteiger partial charge on any atom is 0.325 e. The van der Waals surface area contributed by atoms with E-state index in [4.69, 9.17) is 0 Å². The Balaban J connectivity index is 1.17. The molecule has 4 aliphatic carbocycles. The minimum Gasteiger partial charge on any atom is -0.349 e. The summed E-state index contributed by atoms with van der Waals surface area (Å²) in [5.41, 5.74) is 1.03. The first kappa shape index (κ1) is 18.6. The van der Waals surface area contributed by atoms with Gasteiger partial charge in [0.05, 0.1) is 0 Å². The van der Waals surface area contributed by atoms with Crippen molar-refractivity contribution in [2.45, 2.75) is 62.9 Å². The average molecular weight is 396 g/mol. The van der Waals surface area contributed by atoms with E-state index in [9.17, 15) is 14.4 Å². The van der Waals surface area contributed by atoms with Gasteiger partial charge in [-0.1, -0.05) is 30.3 Å². The molecule has 6 nitrogen and oxygen atoms in total. The first-order valence-corrected chi connectivity index (χ1v) is 11.0. The summed E-state index contributed by atoms with van der Waals surface area (Å²) >= 11 is 0. The quantitative estimate of drug-likeness (QED) is 0.727. The maximum absolute atomic E-state index is 12.8. The largest absolute Gasteiger partial charge is 0.349 e. The zero-order valence-electron chi connectivity index (χ0n) is 16.7. The lowest BCUT2D eigenvalue weighted by Gasteiger charge is -2.56. The van der Waals surface area contributed by atoms with Crippen molar-refractivity contribution in [3.05, 3.63) is 35.9 Å². The minimum absolute atomic E-state index is 0.0994. The lowest BCUT2D eigenvalue weighted by Crippen LogP contribution is -2.61. The fourth-order valence-corrected chi connectivity index (χ4v) is 6.62. The summed E-state index contributed by atoms with van der Waals surface area (Å²) < 4.78 is 0. The van der Waals surface area contributed by atoms with Gasteiger partial charge in [0.15, 0.2) is 0 Å². The summed E-state index contributed by atoms with van der Waals surface area (Å²) in [7, 11) is 0. The standard InChI is InChI=1S/C23H29N3O3/c27-20(25-23-11-16-8-17(12-23)10-18(9-16)13-23)14-26-21(28)19(24-22(26)29)7-6-15-4-2-1-3-5-15/h1-5,16-19H,6-14H2,(H,24,29)(H,25,27)/t16?,17?,18?,19-,23?/m0/s1. The van der Waals surface area contributed by atoms with Crippen molar-refractivity contribution >= 4 is 17.8 Å². The zero-order chi connectivity index (χ0) is 20.0. The van der Waals surface area contributed by atoms with E-state index in [1.54, 1.807) is 0 Å². The van der Waals surface area contributed by atoms with Crippen LogP contribution in [-0.2, 0) is 16.0 Å². The molecule has 1 aromatic rings. The van der Waals surface area contributed by atoms with Crippen molar-refractivity contribution in [3.63, 3.8) is 0 Å². The fourth-order valence-electron chi connectivity index (χ4n) is 6.62. The monoisotopic (exact) mass is 395 g/mol. The number of hydrogen-bond acceptors (Lipinski definition) is 3. The molecule has 0 spiro atoms. The first-order chi connectivity index (χ1) is 14.0. The predicted octanol–water partition coefficient (Wildman–Crippen LogP) is 2.62. The van der Waals surface area contributed by atoms with Gasteiger partial charge in [-0.15, -0.1) is 0 Å². The summed E-state index contributed by atoms with van der Waals surface area (Å²) in [5, 5.41) is 6.00. The van der Waals surface area contributed by atoms with Gasteiger partial charge < -0.3 is 10.6 Å². The molecule has 1 saturated heterocycles. The van der Waals surface area contributed by atoms with E-state index in [2.05, 4.69) is 10.6 Å². The zero-order valence-corrected chi connectivity index (χ0v) is 16.7. The van der Waals surface area contributed by atoms with E-state index in [1.165, 1.54) is 19.3 Å². The average Bonchev–Trinajstić information content (AvgIpc) is 2.93. The molecule has 4 bridgehead atoms. The number of carbonyl (C=O) groups excluding carboxylic acids is 3. The van der Waals surface area contributed by atoms with E-state index in [1.807, 2.05) is 30.3 Å². The minimum atomic E-state index is -0.546. The Morgan fingerprint density at radius 2 is 1.66 bits per heavy atom. The highest BCUT2D eigenvalue weighted by molar-refractivity contribution is 6.06. The third-order valence-corrected chi connectivity index (χ3v) is 7.42. The molecule has 1 atom stereocenters. The van der Waals surface area contributed by atoms with E-state index in [-0.39, 0.29) is 23.9 Å². The Morgan fingerprint density at radius 3 is 2.28 bits per heavy atom. The number of benzene rings is 1. The van der Waals surface area contributed by atoms with Crippen LogP contribution in [0.5, 0.6) is 0 Å². The molecule has 2 N–H and O–H groups in total. The van der Waals surface area contributed by atoms with E-state index in [0.29, 0.717) is 12.8 Å². The fraction of sp³-hybridized carbons (Fsp3) is 0.609. The molecule has 5 aliphatic rings. The molecule has 0 radical (unpaired) electrons. The molecule has 6 rings (SSSR count). The van der Waals surface area contributed by atoms with Crippen LogP contribution >= 0.6 is 0 Å². The van der Waals surface area contributed by atoms with Gasteiger partial charge in [0.2, 0.25) is 5.91 Å². The van der Waals surface area contributed by atoms with Crippen molar-refractivity contribution in [3.8, 4) is 0 Å². The molecule has 4 amide bonds. The van der Waals surface area contributed by atoms with Crippen LogP contribution in [0.1, 0.15) is 50.5 Å². The predicted molar refractivity (Wildman–Crippen MR) is 108 cm³/mol. The van der Waals surface area contributed by atoms with Crippen LogP contribution in [0.25, 0.3) is 0 Å². The summed E-state index contributed by atoms with van der Waals surface area (Å²) in [5.74, 6) is 1.73. The van der Waals surface area contributed by atoms with Gasteiger partial charge in [-0.2, -0.15) is 0 Å². The maximum atomic E-state index is 12.8. The number of amides is 4. The Kier molecular flexibility index (Phi) is 4.60. The second kappa shape index (κ2) is 7.15. The van der Waals surface area contributed by atoms with Crippen LogP contribution in [0.4, 0.5) is 4.79 Å². The summed E-state index contributed by atoms with van der Waals surface area (Å²) in [4.78, 5) is 38.9. The third kappa shape index (κ3) is 3.65. The van der Waals surface area contributed by atoms with Crippen LogP contribution < -0.4 is 10.6 Å². The van der Waals surface area contributed by atoms with E-state index >= 15 is 0 Å². The van der Waals surface area contributed by atoms with Crippen LogP contribution in [-0.4, -0.2) is 40.9 Å². The van der Waals surface area contributed by atoms with Crippen molar-refractivity contribution in [1.29, 1.82) is 0 Å². The summed E-state index contributed by atoms with van der Waals surface area (Å²) in [6, 6.07) is 8.91. The second-order valence-corrected chi connectivity index (χ2v) is 9.70. The van der Waals surface area contributed by atoms with Crippen LogP contribution in [0.15, 0.2) is 30.3 Å². The lowest BCUT2D eigenvalue weighted by molar-refractivity contribution is -0.134. The molecule has 6 heteroatoms. The summed E-state index contributed by atoms with van der Waals surface area (Å²) in [6.07, 6.45) is 8.37. The van der Waals surface area contributed by atoms with Crippen LogP contribution in [0.2, 0.25) is 0 Å². The number of urea groups is 1. The van der Waals surface area contributed by atoms with Gasteiger partial charge in [-0.3, -0.25) is 14.5 Å². The van der Waals surface area contributed by atoms with Gasteiger partial charge in [0, 0.05) is 5.54 Å². The molecule has 1 aromatic carbocycles. The number of aryl methyl sites for hydroxylation is 1. The normalized spacial score (nSPS) is 35.1. The Bertz CT molecular complexity index is 787.